The molecule has 0 spiro atoms. The van der Waals surface area contributed by atoms with Gasteiger partial charge in [0.25, 0.3) is 11.8 Å². The minimum absolute atomic E-state index is 0.173. The highest BCUT2D eigenvalue weighted by Gasteiger charge is 2.33. The number of benzene rings is 3. The van der Waals surface area contributed by atoms with Crippen molar-refractivity contribution in [2.75, 3.05) is 23.4 Å². The van der Waals surface area contributed by atoms with Crippen molar-refractivity contribution in [1.82, 2.24) is 0 Å². The number of halogens is 1. The Bertz CT molecular complexity index is 1280. The predicted molar refractivity (Wildman–Crippen MR) is 145 cm³/mol. The van der Waals surface area contributed by atoms with Gasteiger partial charge in [0, 0.05) is 10.7 Å². The highest BCUT2D eigenvalue weighted by atomic mass is 35.5. The Kier molecular flexibility index (Phi) is 8.07. The van der Waals surface area contributed by atoms with Crippen LogP contribution in [0.25, 0.3) is 6.08 Å². The number of carbonyl (C=O) groups excluding carboxylic acids is 2. The fourth-order valence-electron chi connectivity index (χ4n) is 3.30. The summed E-state index contributed by atoms with van der Waals surface area (Å²) in [5.41, 5.74) is 2.09. The van der Waals surface area contributed by atoms with Crippen LogP contribution in [0.3, 0.4) is 0 Å². The Morgan fingerprint density at radius 1 is 1.06 bits per heavy atom. The van der Waals surface area contributed by atoms with Gasteiger partial charge in [-0.3, -0.25) is 14.5 Å². The van der Waals surface area contributed by atoms with Crippen molar-refractivity contribution in [3.8, 4) is 11.5 Å². The minimum atomic E-state index is -0.284. The van der Waals surface area contributed by atoms with E-state index in [0.717, 1.165) is 5.56 Å². The van der Waals surface area contributed by atoms with Gasteiger partial charge in [-0.2, -0.15) is 0 Å². The molecule has 1 saturated heterocycles. The molecule has 1 heterocycles. The first-order chi connectivity index (χ1) is 16.9. The van der Waals surface area contributed by atoms with E-state index in [9.17, 15) is 9.59 Å². The fourth-order valence-corrected chi connectivity index (χ4v) is 4.72. The number of para-hydroxylation sites is 1. The van der Waals surface area contributed by atoms with E-state index in [1.165, 1.54) is 16.7 Å². The van der Waals surface area contributed by atoms with Gasteiger partial charge >= 0.3 is 0 Å². The van der Waals surface area contributed by atoms with E-state index in [1.54, 1.807) is 60.7 Å². The van der Waals surface area contributed by atoms with Gasteiger partial charge < -0.3 is 14.8 Å². The topological polar surface area (TPSA) is 67.9 Å². The van der Waals surface area contributed by atoms with Gasteiger partial charge in [-0.25, -0.2) is 0 Å². The molecule has 0 aliphatic carbocycles. The second-order valence-corrected chi connectivity index (χ2v) is 9.45. The first-order valence-corrected chi connectivity index (χ1v) is 12.3. The number of thioether (sulfide) groups is 1. The molecule has 1 N–H and O–H groups in total. The first-order valence-electron chi connectivity index (χ1n) is 10.7. The van der Waals surface area contributed by atoms with Crippen LogP contribution in [0.15, 0.2) is 77.7 Å². The summed E-state index contributed by atoms with van der Waals surface area (Å²) in [4.78, 5) is 27.2. The van der Waals surface area contributed by atoms with Crippen LogP contribution in [-0.4, -0.2) is 29.3 Å². The number of anilines is 2. The van der Waals surface area contributed by atoms with Crippen LogP contribution in [0.5, 0.6) is 11.5 Å². The molecular formula is C26H21ClN2O4S2. The largest absolute Gasteiger partial charge is 0.490 e. The Morgan fingerprint density at radius 2 is 1.80 bits per heavy atom. The van der Waals surface area contributed by atoms with Crippen LogP contribution in [0.1, 0.15) is 12.5 Å². The Morgan fingerprint density at radius 3 is 2.51 bits per heavy atom. The van der Waals surface area contributed by atoms with E-state index >= 15 is 0 Å². The third-order valence-electron chi connectivity index (χ3n) is 4.86. The zero-order valence-electron chi connectivity index (χ0n) is 18.7. The molecule has 35 heavy (non-hydrogen) atoms. The first kappa shape index (κ1) is 24.8. The standard InChI is InChI=1S/C26H21ClN2O4S2/c1-2-32-22-14-17(8-13-21(22)33-16-24(30)28-19-6-4-3-5-7-19)15-23-25(31)29(26(34)35-23)20-11-9-18(27)10-12-20/h3-15H,2,16H2,1H3,(H,28,30)/b23-15-. The number of amides is 2. The van der Waals surface area contributed by atoms with Crippen LogP contribution >= 0.6 is 35.6 Å². The summed E-state index contributed by atoms with van der Waals surface area (Å²) in [7, 11) is 0. The molecule has 3 aromatic rings. The van der Waals surface area contributed by atoms with Crippen molar-refractivity contribution in [1.29, 1.82) is 0 Å². The monoisotopic (exact) mass is 524 g/mol. The second kappa shape index (κ2) is 11.4. The van der Waals surface area contributed by atoms with E-state index in [4.69, 9.17) is 33.3 Å². The number of carbonyl (C=O) groups is 2. The molecule has 9 heteroatoms. The van der Waals surface area contributed by atoms with Crippen molar-refractivity contribution in [3.63, 3.8) is 0 Å². The Labute approximate surface area is 217 Å². The maximum Gasteiger partial charge on any atom is 0.270 e. The molecule has 0 aromatic heterocycles. The van der Waals surface area contributed by atoms with Crippen LogP contribution < -0.4 is 19.7 Å². The lowest BCUT2D eigenvalue weighted by molar-refractivity contribution is -0.118. The molecule has 0 saturated carbocycles. The molecule has 3 aromatic carbocycles. The highest BCUT2D eigenvalue weighted by Crippen LogP contribution is 2.37. The Balaban J connectivity index is 1.48. The number of nitrogens with zero attached hydrogens (tertiary/aromatic N) is 1. The quantitative estimate of drug-likeness (QED) is 0.281. The average Bonchev–Trinajstić information content (AvgIpc) is 3.12. The molecule has 4 rings (SSSR count). The lowest BCUT2D eigenvalue weighted by atomic mass is 10.1. The summed E-state index contributed by atoms with van der Waals surface area (Å²) in [6.45, 7) is 2.10. The van der Waals surface area contributed by atoms with Gasteiger partial charge in [0.2, 0.25) is 0 Å². The molecule has 0 radical (unpaired) electrons. The van der Waals surface area contributed by atoms with Crippen molar-refractivity contribution < 1.29 is 19.1 Å². The molecule has 2 amide bonds. The van der Waals surface area contributed by atoms with E-state index in [0.29, 0.717) is 43.7 Å². The zero-order chi connectivity index (χ0) is 24.8. The van der Waals surface area contributed by atoms with Gasteiger partial charge in [0.05, 0.1) is 17.2 Å². The lowest BCUT2D eigenvalue weighted by Gasteiger charge is -2.14. The van der Waals surface area contributed by atoms with E-state index in [1.807, 2.05) is 25.1 Å². The number of nitrogens with one attached hydrogen (secondary N) is 1. The predicted octanol–water partition coefficient (Wildman–Crippen LogP) is 6.16. The van der Waals surface area contributed by atoms with E-state index < -0.39 is 0 Å². The zero-order valence-corrected chi connectivity index (χ0v) is 21.1. The van der Waals surface area contributed by atoms with Crippen LogP contribution in [-0.2, 0) is 9.59 Å². The highest BCUT2D eigenvalue weighted by molar-refractivity contribution is 8.27. The summed E-state index contributed by atoms with van der Waals surface area (Å²) in [6, 6.07) is 21.4. The molecule has 178 valence electrons. The molecule has 0 bridgehead atoms. The van der Waals surface area contributed by atoms with Crippen LogP contribution in [0.4, 0.5) is 11.4 Å². The van der Waals surface area contributed by atoms with E-state index in [2.05, 4.69) is 5.32 Å². The second-order valence-electron chi connectivity index (χ2n) is 7.34. The molecule has 1 aliphatic rings. The number of hydrogen-bond acceptors (Lipinski definition) is 6. The number of thiocarbonyl (C=S) groups is 1. The summed E-state index contributed by atoms with van der Waals surface area (Å²) in [5.74, 6) is 0.412. The summed E-state index contributed by atoms with van der Waals surface area (Å²) < 4.78 is 11.9. The van der Waals surface area contributed by atoms with Gasteiger partial charge in [-0.1, -0.05) is 59.8 Å². The minimum Gasteiger partial charge on any atom is -0.490 e. The summed E-state index contributed by atoms with van der Waals surface area (Å²) in [6.07, 6.45) is 1.75. The number of ether oxygens (including phenoxy) is 2. The molecule has 1 aliphatic heterocycles. The van der Waals surface area contributed by atoms with Crippen molar-refractivity contribution in [3.05, 3.63) is 88.3 Å². The van der Waals surface area contributed by atoms with Crippen molar-refractivity contribution in [2.45, 2.75) is 6.92 Å². The van der Waals surface area contributed by atoms with Crippen molar-refractivity contribution in [2.24, 2.45) is 0 Å². The van der Waals surface area contributed by atoms with Crippen LogP contribution in [0, 0.1) is 0 Å². The van der Waals surface area contributed by atoms with Gasteiger partial charge in [0.15, 0.2) is 22.4 Å². The molecule has 6 nitrogen and oxygen atoms in total. The summed E-state index contributed by atoms with van der Waals surface area (Å²) >= 11 is 12.6. The third kappa shape index (κ3) is 6.22. The number of hydrogen-bond donors (Lipinski definition) is 1. The van der Waals surface area contributed by atoms with E-state index in [-0.39, 0.29) is 18.4 Å². The molecule has 1 fully saturated rings. The molecule has 0 atom stereocenters. The maximum absolute atomic E-state index is 13.0. The lowest BCUT2D eigenvalue weighted by Crippen LogP contribution is -2.27. The Hall–Kier alpha value is -3.33. The van der Waals surface area contributed by atoms with Crippen LogP contribution in [0.2, 0.25) is 5.02 Å². The number of rotatable bonds is 8. The third-order valence-corrected chi connectivity index (χ3v) is 6.41. The fraction of sp³-hybridized carbons (Fsp3) is 0.115. The molecule has 0 unspecified atom stereocenters. The van der Waals surface area contributed by atoms with Gasteiger partial charge in [-0.15, -0.1) is 0 Å². The molecular weight excluding hydrogens is 504 g/mol. The average molecular weight is 525 g/mol. The maximum atomic E-state index is 13.0. The SMILES string of the molecule is CCOc1cc(/C=C2\SC(=S)N(c3ccc(Cl)cc3)C2=O)ccc1OCC(=O)Nc1ccccc1. The smallest absolute Gasteiger partial charge is 0.270 e. The van der Waals surface area contributed by atoms with Crippen molar-refractivity contribution >= 4 is 69.2 Å². The van der Waals surface area contributed by atoms with Gasteiger partial charge in [0.1, 0.15) is 0 Å². The normalized spacial score (nSPS) is 14.3. The van der Waals surface area contributed by atoms with Gasteiger partial charge in [-0.05, 0) is 67.1 Å². The summed E-state index contributed by atoms with van der Waals surface area (Å²) in [5, 5.41) is 3.36.